The highest BCUT2D eigenvalue weighted by molar-refractivity contribution is 5.95. The molecule has 2 heterocycles. The molecule has 0 saturated carbocycles. The van der Waals surface area contributed by atoms with Crippen molar-refractivity contribution >= 4 is 11.6 Å². The topological polar surface area (TPSA) is 50.2 Å². The Morgan fingerprint density at radius 3 is 3.00 bits per heavy atom. The summed E-state index contributed by atoms with van der Waals surface area (Å²) in [6, 6.07) is 5.84. The number of carbonyl (C=O) groups excluding carboxylic acids is 1. The number of fused-ring (bicyclic) bond motifs is 1. The maximum absolute atomic E-state index is 12.6. The van der Waals surface area contributed by atoms with Crippen LogP contribution in [0.5, 0.6) is 0 Å². The zero-order chi connectivity index (χ0) is 14.8. The van der Waals surface area contributed by atoms with Gasteiger partial charge < -0.3 is 14.8 Å². The Balaban J connectivity index is 1.78. The lowest BCUT2D eigenvalue weighted by Gasteiger charge is -2.28. The lowest BCUT2D eigenvalue weighted by Crippen LogP contribution is -2.38. The summed E-state index contributed by atoms with van der Waals surface area (Å²) in [6.07, 6.45) is 3.76. The van der Waals surface area contributed by atoms with Crippen LogP contribution < -0.4 is 5.32 Å². The molecule has 0 saturated heterocycles. The molecule has 0 radical (unpaired) electrons. The molecule has 3 rings (SSSR count). The van der Waals surface area contributed by atoms with Crippen LogP contribution in [-0.2, 0) is 13.1 Å². The first-order valence-electron chi connectivity index (χ1n) is 7.33. The summed E-state index contributed by atoms with van der Waals surface area (Å²) in [7, 11) is 0. The van der Waals surface area contributed by atoms with Crippen LogP contribution >= 0.6 is 0 Å². The molecule has 5 heteroatoms. The normalized spacial score (nSPS) is 13.9. The third kappa shape index (κ3) is 2.63. The molecule has 2 aromatic rings. The zero-order valence-electron chi connectivity index (χ0n) is 12.5. The maximum Gasteiger partial charge on any atom is 0.254 e. The van der Waals surface area contributed by atoms with E-state index in [0.717, 1.165) is 42.3 Å². The summed E-state index contributed by atoms with van der Waals surface area (Å²) in [4.78, 5) is 18.8. The van der Waals surface area contributed by atoms with Crippen molar-refractivity contribution in [3.8, 4) is 0 Å². The lowest BCUT2D eigenvalue weighted by atomic mass is 10.1. The Morgan fingerprint density at radius 1 is 1.38 bits per heavy atom. The van der Waals surface area contributed by atoms with E-state index in [2.05, 4.69) is 21.8 Å². The fraction of sp³-hybridized carbons (Fsp3) is 0.375. The van der Waals surface area contributed by atoms with Crippen LogP contribution in [-0.4, -0.2) is 33.4 Å². The highest BCUT2D eigenvalue weighted by atomic mass is 16.2. The number of amides is 1. The molecule has 0 atom stereocenters. The van der Waals surface area contributed by atoms with Crippen LogP contribution in [0.15, 0.2) is 30.6 Å². The zero-order valence-corrected chi connectivity index (χ0v) is 12.5. The van der Waals surface area contributed by atoms with E-state index < -0.39 is 0 Å². The Morgan fingerprint density at radius 2 is 2.24 bits per heavy atom. The Hall–Kier alpha value is -2.30. The van der Waals surface area contributed by atoms with Crippen molar-refractivity contribution in [2.24, 2.45) is 0 Å². The number of hydrogen-bond donors (Lipinski definition) is 1. The molecule has 0 unspecified atom stereocenters. The largest absolute Gasteiger partial charge is 0.385 e. The third-order valence-corrected chi connectivity index (χ3v) is 3.87. The molecule has 110 valence electrons. The number of imidazole rings is 1. The van der Waals surface area contributed by atoms with E-state index in [0.29, 0.717) is 6.54 Å². The summed E-state index contributed by atoms with van der Waals surface area (Å²) in [5.74, 6) is 1.03. The molecule has 0 fully saturated rings. The first-order chi connectivity index (χ1) is 10.2. The number of rotatable bonds is 3. The van der Waals surface area contributed by atoms with E-state index in [1.807, 2.05) is 36.2 Å². The monoisotopic (exact) mass is 284 g/mol. The standard InChI is InChI=1S/C16H20N4O/c1-3-17-14-5-4-13(10-12(14)2)16(21)20-9-8-19-7-6-18-15(19)11-20/h4-7,10,17H,3,8-9,11H2,1-2H3. The second-order valence-corrected chi connectivity index (χ2v) is 5.32. The highest BCUT2D eigenvalue weighted by Crippen LogP contribution is 2.19. The quantitative estimate of drug-likeness (QED) is 0.940. The van der Waals surface area contributed by atoms with Gasteiger partial charge in [0, 0.05) is 43.3 Å². The molecule has 1 amide bonds. The third-order valence-electron chi connectivity index (χ3n) is 3.87. The Kier molecular flexibility index (Phi) is 3.64. The predicted octanol–water partition coefficient (Wildman–Crippen LogP) is 2.28. The maximum atomic E-state index is 12.6. The van der Waals surface area contributed by atoms with Crippen LogP contribution in [0.1, 0.15) is 28.7 Å². The van der Waals surface area contributed by atoms with E-state index in [9.17, 15) is 4.79 Å². The van der Waals surface area contributed by atoms with E-state index in [4.69, 9.17) is 0 Å². The average Bonchev–Trinajstić information content (AvgIpc) is 2.96. The van der Waals surface area contributed by atoms with Crippen molar-refractivity contribution in [3.05, 3.63) is 47.5 Å². The van der Waals surface area contributed by atoms with Crippen LogP contribution in [0.4, 0.5) is 5.69 Å². The van der Waals surface area contributed by atoms with E-state index in [1.165, 1.54) is 0 Å². The van der Waals surface area contributed by atoms with Crippen molar-refractivity contribution in [3.63, 3.8) is 0 Å². The molecule has 0 bridgehead atoms. The number of aryl methyl sites for hydroxylation is 1. The van der Waals surface area contributed by atoms with Gasteiger partial charge in [0.15, 0.2) is 0 Å². The molecule has 1 aliphatic heterocycles. The van der Waals surface area contributed by atoms with Crippen molar-refractivity contribution in [1.82, 2.24) is 14.5 Å². The van der Waals surface area contributed by atoms with Gasteiger partial charge in [-0.25, -0.2) is 4.98 Å². The van der Waals surface area contributed by atoms with E-state index in [-0.39, 0.29) is 5.91 Å². The van der Waals surface area contributed by atoms with Gasteiger partial charge in [0.05, 0.1) is 6.54 Å². The molecule has 1 aromatic heterocycles. The van der Waals surface area contributed by atoms with Gasteiger partial charge >= 0.3 is 0 Å². The number of aromatic nitrogens is 2. The van der Waals surface area contributed by atoms with E-state index in [1.54, 1.807) is 6.20 Å². The summed E-state index contributed by atoms with van der Waals surface area (Å²) in [5.41, 5.74) is 2.93. The van der Waals surface area contributed by atoms with Gasteiger partial charge in [0.1, 0.15) is 5.82 Å². The lowest BCUT2D eigenvalue weighted by molar-refractivity contribution is 0.0707. The molecule has 1 aromatic carbocycles. The second kappa shape index (κ2) is 5.60. The molecule has 0 spiro atoms. The van der Waals surface area contributed by atoms with Crippen LogP contribution in [0.3, 0.4) is 0 Å². The summed E-state index contributed by atoms with van der Waals surface area (Å²) < 4.78 is 2.10. The van der Waals surface area contributed by atoms with Gasteiger partial charge in [-0.15, -0.1) is 0 Å². The Bertz CT molecular complexity index is 662. The summed E-state index contributed by atoms with van der Waals surface area (Å²) in [5, 5.41) is 3.29. The SMILES string of the molecule is CCNc1ccc(C(=O)N2CCn3ccnc3C2)cc1C. The molecular weight excluding hydrogens is 264 g/mol. The summed E-state index contributed by atoms with van der Waals surface area (Å²) in [6.45, 7) is 7.10. The van der Waals surface area contributed by atoms with Gasteiger partial charge in [0.25, 0.3) is 5.91 Å². The average molecular weight is 284 g/mol. The first-order valence-corrected chi connectivity index (χ1v) is 7.33. The number of anilines is 1. The van der Waals surface area contributed by atoms with Crippen LogP contribution in [0.2, 0.25) is 0 Å². The molecule has 1 aliphatic rings. The molecule has 21 heavy (non-hydrogen) atoms. The van der Waals surface area contributed by atoms with Gasteiger partial charge in [0.2, 0.25) is 0 Å². The van der Waals surface area contributed by atoms with Crippen molar-refractivity contribution in [2.45, 2.75) is 26.9 Å². The Labute approximate surface area is 124 Å². The second-order valence-electron chi connectivity index (χ2n) is 5.32. The number of hydrogen-bond acceptors (Lipinski definition) is 3. The van der Waals surface area contributed by atoms with Crippen molar-refractivity contribution < 1.29 is 4.79 Å². The molecule has 1 N–H and O–H groups in total. The fourth-order valence-corrected chi connectivity index (χ4v) is 2.71. The van der Waals surface area contributed by atoms with Crippen molar-refractivity contribution in [2.75, 3.05) is 18.4 Å². The van der Waals surface area contributed by atoms with E-state index >= 15 is 0 Å². The van der Waals surface area contributed by atoms with Gasteiger partial charge in [-0.05, 0) is 37.6 Å². The van der Waals surface area contributed by atoms with Gasteiger partial charge in [-0.3, -0.25) is 4.79 Å². The number of benzene rings is 1. The number of carbonyl (C=O) groups is 1. The van der Waals surface area contributed by atoms with Crippen molar-refractivity contribution in [1.29, 1.82) is 0 Å². The van der Waals surface area contributed by atoms with Gasteiger partial charge in [-0.1, -0.05) is 0 Å². The van der Waals surface area contributed by atoms with Crippen LogP contribution in [0, 0.1) is 6.92 Å². The van der Waals surface area contributed by atoms with Gasteiger partial charge in [-0.2, -0.15) is 0 Å². The fourth-order valence-electron chi connectivity index (χ4n) is 2.71. The minimum atomic E-state index is 0.0791. The summed E-state index contributed by atoms with van der Waals surface area (Å²) >= 11 is 0. The minimum Gasteiger partial charge on any atom is -0.385 e. The molecule has 0 aliphatic carbocycles. The highest BCUT2D eigenvalue weighted by Gasteiger charge is 2.22. The number of nitrogens with one attached hydrogen (secondary N) is 1. The predicted molar refractivity (Wildman–Crippen MR) is 82.3 cm³/mol. The van der Waals surface area contributed by atoms with Crippen LogP contribution in [0.25, 0.3) is 0 Å². The minimum absolute atomic E-state index is 0.0791. The molecular formula is C16H20N4O. The molecule has 5 nitrogen and oxygen atoms in total. The number of nitrogens with zero attached hydrogens (tertiary/aromatic N) is 3. The smallest absolute Gasteiger partial charge is 0.254 e. The first kappa shape index (κ1) is 13.7.